The largest absolute Gasteiger partial charge is 0.398 e. The number of hydrogen-bond donors (Lipinski definition) is 2. The molecule has 7 nitrogen and oxygen atoms in total. The summed E-state index contributed by atoms with van der Waals surface area (Å²) in [5.74, 6) is -1.21. The molecule has 2 heterocycles. The molecule has 2 aromatic rings. The van der Waals surface area contributed by atoms with Gasteiger partial charge < -0.3 is 5.73 Å². The zero-order valence-corrected chi connectivity index (χ0v) is 15.0. The van der Waals surface area contributed by atoms with Crippen LogP contribution in [0.5, 0.6) is 0 Å². The third-order valence-corrected chi connectivity index (χ3v) is 5.64. The van der Waals surface area contributed by atoms with Crippen LogP contribution in [-0.2, 0) is 15.0 Å². The maximum atomic E-state index is 13.3. The van der Waals surface area contributed by atoms with E-state index in [-0.39, 0.29) is 17.3 Å². The number of benzene rings is 1. The maximum Gasteiger partial charge on any atom is 0.263 e. The van der Waals surface area contributed by atoms with Crippen LogP contribution in [0.4, 0.5) is 5.69 Å². The van der Waals surface area contributed by atoms with Gasteiger partial charge in [0, 0.05) is 11.5 Å². The molecule has 1 saturated heterocycles. The summed E-state index contributed by atoms with van der Waals surface area (Å²) < 4.78 is 1.38. The van der Waals surface area contributed by atoms with Gasteiger partial charge in [0.15, 0.2) is 0 Å². The number of amides is 2. The SMILES string of the molecule is Bc1ccc(N)c2c(=O)n(C3(B)C(=O)NC(=O)C(B)C3B)c(C)nc12. The van der Waals surface area contributed by atoms with Crippen molar-refractivity contribution in [1.82, 2.24) is 14.9 Å². The van der Waals surface area contributed by atoms with Crippen LogP contribution in [0, 0.1) is 6.92 Å². The lowest BCUT2D eigenvalue weighted by molar-refractivity contribution is -0.137. The van der Waals surface area contributed by atoms with Crippen molar-refractivity contribution >= 4 is 65.3 Å². The Hall–Kier alpha value is -2.44. The Morgan fingerprint density at radius 1 is 1.28 bits per heavy atom. The summed E-state index contributed by atoms with van der Waals surface area (Å²) in [6.07, 6.45) is 0. The van der Waals surface area contributed by atoms with Gasteiger partial charge in [-0.2, -0.15) is 0 Å². The number of fused-ring (bicyclic) bond motifs is 1. The Kier molecular flexibility index (Phi) is 3.85. The van der Waals surface area contributed by atoms with Gasteiger partial charge >= 0.3 is 0 Å². The lowest BCUT2D eigenvalue weighted by Crippen LogP contribution is -2.63. The van der Waals surface area contributed by atoms with Crippen molar-refractivity contribution in [2.24, 2.45) is 0 Å². The molecule has 124 valence electrons. The van der Waals surface area contributed by atoms with Gasteiger partial charge in [-0.25, -0.2) is 4.98 Å². The quantitative estimate of drug-likeness (QED) is 0.310. The fraction of sp³-hybridized carbons (Fsp3) is 0.286. The molecule has 3 N–H and O–H groups in total. The van der Waals surface area contributed by atoms with Crippen LogP contribution in [0.2, 0.25) is 11.6 Å². The summed E-state index contributed by atoms with van der Waals surface area (Å²) >= 11 is 0. The first kappa shape index (κ1) is 17.4. The summed E-state index contributed by atoms with van der Waals surface area (Å²) in [5.41, 5.74) is 6.13. The number of aryl methyl sites for hydroxylation is 1. The standard InChI is InChI=1S/C14H18B4N4O3/c1-4-20-9-5(15)2-3-6(19)7(9)12(24)22(4)14(18)10(17)8(16)11(23)21-13(14)25/h2-3,8,10H,15-19H2,1H3,(H,21,23,25). The first-order chi connectivity index (χ1) is 11.6. The van der Waals surface area contributed by atoms with Gasteiger partial charge in [0.2, 0.25) is 11.8 Å². The van der Waals surface area contributed by atoms with Gasteiger partial charge in [-0.15, -0.1) is 0 Å². The van der Waals surface area contributed by atoms with Crippen LogP contribution in [0.15, 0.2) is 16.9 Å². The molecule has 25 heavy (non-hydrogen) atoms. The second kappa shape index (κ2) is 5.54. The Morgan fingerprint density at radius 3 is 2.56 bits per heavy atom. The van der Waals surface area contributed by atoms with E-state index < -0.39 is 17.2 Å². The summed E-state index contributed by atoms with van der Waals surface area (Å²) in [5, 5.41) is 2.68. The predicted molar refractivity (Wildman–Crippen MR) is 108 cm³/mol. The number of rotatable bonds is 1. The molecule has 3 unspecified atom stereocenters. The van der Waals surface area contributed by atoms with Crippen molar-refractivity contribution in [3.05, 3.63) is 28.3 Å². The molecule has 3 rings (SSSR count). The molecular formula is C14H18B4N4O3. The fourth-order valence-corrected chi connectivity index (χ4v) is 3.68. The van der Waals surface area contributed by atoms with Gasteiger partial charge in [-0.3, -0.25) is 24.3 Å². The fourth-order valence-electron chi connectivity index (χ4n) is 3.68. The van der Waals surface area contributed by atoms with Gasteiger partial charge in [0.05, 0.1) is 16.3 Å². The minimum absolute atomic E-state index is 0.302. The molecule has 2 amide bonds. The normalized spacial score (nSPS) is 26.6. The molecule has 3 atom stereocenters. The molecule has 0 aliphatic carbocycles. The minimum atomic E-state index is -1.23. The van der Waals surface area contributed by atoms with E-state index >= 15 is 0 Å². The zero-order chi connectivity index (χ0) is 18.7. The van der Waals surface area contributed by atoms with Crippen molar-refractivity contribution in [3.63, 3.8) is 0 Å². The van der Waals surface area contributed by atoms with Gasteiger partial charge in [0.25, 0.3) is 5.56 Å². The van der Waals surface area contributed by atoms with Crippen LogP contribution in [0.3, 0.4) is 0 Å². The van der Waals surface area contributed by atoms with Crippen molar-refractivity contribution in [3.8, 4) is 0 Å². The highest BCUT2D eigenvalue weighted by molar-refractivity contribution is 6.42. The van der Waals surface area contributed by atoms with Crippen LogP contribution in [-0.4, -0.2) is 52.8 Å². The summed E-state index contributed by atoms with van der Waals surface area (Å²) in [6.45, 7) is 1.69. The highest BCUT2D eigenvalue weighted by atomic mass is 16.2. The van der Waals surface area contributed by atoms with Gasteiger partial charge in [0.1, 0.15) is 37.2 Å². The average Bonchev–Trinajstić information content (AvgIpc) is 2.54. The van der Waals surface area contributed by atoms with E-state index in [9.17, 15) is 14.4 Å². The number of carbonyl (C=O) groups is 2. The topological polar surface area (TPSA) is 107 Å². The molecule has 1 aromatic heterocycles. The molecule has 11 heteroatoms. The molecule has 0 radical (unpaired) electrons. The number of nitrogen functional groups attached to an aromatic ring is 1. The summed E-state index contributed by atoms with van der Waals surface area (Å²) in [7, 11) is 7.08. The Morgan fingerprint density at radius 2 is 1.92 bits per heavy atom. The van der Waals surface area contributed by atoms with Crippen molar-refractivity contribution in [2.75, 3.05) is 5.73 Å². The Balaban J connectivity index is 2.40. The predicted octanol–water partition coefficient (Wildman–Crippen LogP) is -4.67. The van der Waals surface area contributed by atoms with E-state index in [0.29, 0.717) is 22.4 Å². The van der Waals surface area contributed by atoms with Crippen molar-refractivity contribution < 1.29 is 9.59 Å². The molecule has 1 fully saturated rings. The third-order valence-electron chi connectivity index (χ3n) is 5.64. The summed E-state index contributed by atoms with van der Waals surface area (Å²) in [6, 6.07) is 3.48. The number of carbonyl (C=O) groups excluding carboxylic acids is 2. The van der Waals surface area contributed by atoms with Crippen molar-refractivity contribution in [2.45, 2.75) is 24.0 Å². The Labute approximate surface area is 148 Å². The second-order valence-corrected chi connectivity index (χ2v) is 7.04. The van der Waals surface area contributed by atoms with Crippen LogP contribution in [0.25, 0.3) is 10.9 Å². The smallest absolute Gasteiger partial charge is 0.263 e. The number of nitrogens with two attached hydrogens (primary N) is 1. The second-order valence-electron chi connectivity index (χ2n) is 7.04. The Bertz CT molecular complexity index is 992. The van der Waals surface area contributed by atoms with E-state index in [0.717, 1.165) is 5.46 Å². The number of nitrogens with one attached hydrogen (secondary N) is 1. The number of imide groups is 1. The number of nitrogens with zero attached hydrogens (tertiary/aromatic N) is 2. The average molecular weight is 334 g/mol. The first-order valence-corrected chi connectivity index (χ1v) is 8.25. The number of aromatic nitrogens is 2. The van der Waals surface area contributed by atoms with Crippen LogP contribution >= 0.6 is 0 Å². The minimum Gasteiger partial charge on any atom is -0.398 e. The van der Waals surface area contributed by atoms with Crippen LogP contribution < -0.4 is 22.1 Å². The lowest BCUT2D eigenvalue weighted by atomic mass is 9.49. The summed E-state index contributed by atoms with van der Waals surface area (Å²) in [4.78, 5) is 42.5. The highest BCUT2D eigenvalue weighted by Crippen LogP contribution is 2.38. The van der Waals surface area contributed by atoms with E-state index in [4.69, 9.17) is 5.73 Å². The lowest BCUT2D eigenvalue weighted by Gasteiger charge is -2.43. The number of anilines is 1. The molecule has 1 aromatic carbocycles. The van der Waals surface area contributed by atoms with E-state index in [2.05, 4.69) is 10.3 Å². The molecule has 1 aliphatic rings. The molecular weight excluding hydrogens is 315 g/mol. The van der Waals surface area contributed by atoms with Crippen LogP contribution in [0.1, 0.15) is 5.82 Å². The van der Waals surface area contributed by atoms with E-state index in [1.54, 1.807) is 36.5 Å². The van der Waals surface area contributed by atoms with E-state index in [1.165, 1.54) is 4.57 Å². The van der Waals surface area contributed by atoms with Crippen molar-refractivity contribution in [1.29, 1.82) is 0 Å². The molecule has 0 saturated carbocycles. The zero-order valence-electron chi connectivity index (χ0n) is 15.0. The highest BCUT2D eigenvalue weighted by Gasteiger charge is 2.50. The molecule has 0 spiro atoms. The number of piperidine rings is 1. The maximum absolute atomic E-state index is 13.3. The molecule has 0 bridgehead atoms. The number of hydrogen-bond acceptors (Lipinski definition) is 5. The third kappa shape index (κ3) is 2.25. The van der Waals surface area contributed by atoms with Gasteiger partial charge in [-0.05, 0) is 18.8 Å². The molecule has 1 aliphatic heterocycles. The van der Waals surface area contributed by atoms with E-state index in [1.807, 2.05) is 13.9 Å². The monoisotopic (exact) mass is 334 g/mol. The first-order valence-electron chi connectivity index (χ1n) is 8.25. The van der Waals surface area contributed by atoms with Gasteiger partial charge in [-0.1, -0.05) is 11.5 Å².